The maximum Gasteiger partial charge on any atom is 0.271 e. The fraction of sp³-hybridized carbons (Fsp3) is 0.111. The normalized spacial score (nSPS) is 12.5. The van der Waals surface area contributed by atoms with Crippen LogP contribution in [0, 0.1) is 0 Å². The average Bonchev–Trinajstić information content (AvgIpc) is 3.25. The number of aryl methyl sites for hydroxylation is 2. The lowest BCUT2D eigenvalue weighted by Gasteiger charge is -2.06. The van der Waals surface area contributed by atoms with E-state index < -0.39 is 0 Å². The molecular formula is C27H22N2OS. The molecule has 1 amide bonds. The van der Waals surface area contributed by atoms with Crippen molar-refractivity contribution in [3.05, 3.63) is 113 Å². The minimum absolute atomic E-state index is 0.204. The molecule has 152 valence electrons. The molecule has 5 rings (SSSR count). The first-order valence-corrected chi connectivity index (χ1v) is 11.4. The largest absolute Gasteiger partial charge is 0.271 e. The Labute approximate surface area is 186 Å². The number of amides is 1. The van der Waals surface area contributed by atoms with Gasteiger partial charge in [0.25, 0.3) is 5.91 Å². The topological polar surface area (TPSA) is 41.5 Å². The molecule has 4 heteroatoms. The van der Waals surface area contributed by atoms with Gasteiger partial charge in [0.05, 0.1) is 6.21 Å². The second-order valence-corrected chi connectivity index (χ2v) is 8.70. The number of benzene rings is 4. The van der Waals surface area contributed by atoms with E-state index in [0.29, 0.717) is 5.56 Å². The Morgan fingerprint density at radius 1 is 0.871 bits per heavy atom. The molecule has 0 radical (unpaired) electrons. The number of rotatable bonds is 6. The second-order valence-electron chi connectivity index (χ2n) is 7.65. The molecule has 1 N–H and O–H groups in total. The molecule has 0 unspecified atom stereocenters. The highest BCUT2D eigenvalue weighted by Crippen LogP contribution is 2.32. The van der Waals surface area contributed by atoms with Gasteiger partial charge in [0.1, 0.15) is 0 Å². The van der Waals surface area contributed by atoms with Crippen molar-refractivity contribution in [2.75, 3.05) is 0 Å². The molecule has 0 fully saturated rings. The molecule has 0 saturated heterocycles. The first-order chi connectivity index (χ1) is 15.3. The molecule has 0 heterocycles. The molecule has 0 atom stereocenters. The van der Waals surface area contributed by atoms with Gasteiger partial charge in [-0.05, 0) is 64.6 Å². The first-order valence-electron chi connectivity index (χ1n) is 10.4. The summed E-state index contributed by atoms with van der Waals surface area (Å²) in [5.41, 5.74) is 8.27. The number of nitrogens with zero attached hydrogens (tertiary/aromatic N) is 1. The van der Waals surface area contributed by atoms with E-state index in [-0.39, 0.29) is 5.91 Å². The number of nitrogens with one attached hydrogen (secondary N) is 1. The number of hydrogen-bond donors (Lipinski definition) is 1. The van der Waals surface area contributed by atoms with E-state index in [1.165, 1.54) is 32.4 Å². The molecule has 0 aliphatic heterocycles. The van der Waals surface area contributed by atoms with Crippen LogP contribution in [0.1, 0.15) is 32.6 Å². The van der Waals surface area contributed by atoms with Crippen LogP contribution in [-0.4, -0.2) is 12.1 Å². The lowest BCUT2D eigenvalue weighted by molar-refractivity contribution is 0.0955. The summed E-state index contributed by atoms with van der Waals surface area (Å²) in [5.74, 6) is 0.666. The van der Waals surface area contributed by atoms with Gasteiger partial charge in [0, 0.05) is 21.8 Å². The summed E-state index contributed by atoms with van der Waals surface area (Å²) >= 11 is 1.78. The Bertz CT molecular complexity index is 1250. The molecule has 0 spiro atoms. The van der Waals surface area contributed by atoms with Crippen molar-refractivity contribution in [3.63, 3.8) is 0 Å². The van der Waals surface area contributed by atoms with Crippen molar-refractivity contribution in [1.82, 2.24) is 5.43 Å². The maximum atomic E-state index is 12.5. The quantitative estimate of drug-likeness (QED) is 0.235. The number of thioether (sulfide) groups is 1. The predicted octanol–water partition coefficient (Wildman–Crippen LogP) is 5.99. The van der Waals surface area contributed by atoms with Crippen molar-refractivity contribution < 1.29 is 4.79 Å². The number of hydrogen-bond acceptors (Lipinski definition) is 3. The molecule has 1 aliphatic rings. The van der Waals surface area contributed by atoms with E-state index >= 15 is 0 Å². The number of hydrazone groups is 1. The van der Waals surface area contributed by atoms with Gasteiger partial charge in [-0.25, -0.2) is 5.43 Å². The highest BCUT2D eigenvalue weighted by molar-refractivity contribution is 7.98. The van der Waals surface area contributed by atoms with E-state index in [4.69, 9.17) is 0 Å². The fourth-order valence-corrected chi connectivity index (χ4v) is 4.92. The van der Waals surface area contributed by atoms with Crippen LogP contribution in [0.25, 0.3) is 10.8 Å². The van der Waals surface area contributed by atoms with Gasteiger partial charge in [0.15, 0.2) is 0 Å². The highest BCUT2D eigenvalue weighted by atomic mass is 32.2. The standard InChI is InChI=1S/C27H22N2OS/c30-27(22-11-9-19(10-12-22)18-31-24-6-2-1-3-7-24)29-28-17-23-16-15-21-14-13-20-5-4-8-25(23)26(20)21/h1-12,15-17H,13-14,18H2,(H,29,30)/b28-17+. The van der Waals surface area contributed by atoms with Crippen LogP contribution < -0.4 is 5.43 Å². The van der Waals surface area contributed by atoms with Crippen molar-refractivity contribution in [3.8, 4) is 0 Å². The van der Waals surface area contributed by atoms with Crippen LogP contribution in [0.3, 0.4) is 0 Å². The Hall–Kier alpha value is -3.37. The summed E-state index contributed by atoms with van der Waals surface area (Å²) in [6, 6.07) is 28.7. The predicted molar refractivity (Wildman–Crippen MR) is 129 cm³/mol. The van der Waals surface area contributed by atoms with Crippen molar-refractivity contribution in [2.24, 2.45) is 5.10 Å². The third-order valence-corrected chi connectivity index (χ3v) is 6.73. The monoisotopic (exact) mass is 422 g/mol. The SMILES string of the molecule is O=C(N/N=C/c1ccc2c3c(cccc13)CC2)c1ccc(CSc2ccccc2)cc1. The highest BCUT2D eigenvalue weighted by Gasteiger charge is 2.15. The summed E-state index contributed by atoms with van der Waals surface area (Å²) in [6.45, 7) is 0. The van der Waals surface area contributed by atoms with Crippen LogP contribution in [0.2, 0.25) is 0 Å². The van der Waals surface area contributed by atoms with Gasteiger partial charge >= 0.3 is 0 Å². The van der Waals surface area contributed by atoms with Crippen molar-refractivity contribution >= 4 is 34.7 Å². The zero-order chi connectivity index (χ0) is 21.0. The Kier molecular flexibility index (Phi) is 5.55. The molecule has 4 aromatic rings. The van der Waals surface area contributed by atoms with Crippen LogP contribution in [-0.2, 0) is 18.6 Å². The Balaban J connectivity index is 1.23. The van der Waals surface area contributed by atoms with E-state index in [0.717, 1.165) is 24.2 Å². The lowest BCUT2D eigenvalue weighted by atomic mass is 10.0. The van der Waals surface area contributed by atoms with Gasteiger partial charge in [-0.3, -0.25) is 4.79 Å². The molecule has 0 bridgehead atoms. The molecular weight excluding hydrogens is 400 g/mol. The first kappa shape index (κ1) is 19.6. The smallest absolute Gasteiger partial charge is 0.267 e. The van der Waals surface area contributed by atoms with Gasteiger partial charge in [-0.15, -0.1) is 11.8 Å². The average molecular weight is 423 g/mol. The molecule has 31 heavy (non-hydrogen) atoms. The third-order valence-electron chi connectivity index (χ3n) is 5.65. The summed E-state index contributed by atoms with van der Waals surface area (Å²) in [4.78, 5) is 13.7. The van der Waals surface area contributed by atoms with Crippen LogP contribution in [0.15, 0.2) is 94.9 Å². The molecule has 3 nitrogen and oxygen atoms in total. The number of carbonyl (C=O) groups excluding carboxylic acids is 1. The van der Waals surface area contributed by atoms with Crippen LogP contribution >= 0.6 is 11.8 Å². The minimum Gasteiger partial charge on any atom is -0.267 e. The summed E-state index contributed by atoms with van der Waals surface area (Å²) < 4.78 is 0. The van der Waals surface area contributed by atoms with Crippen molar-refractivity contribution in [2.45, 2.75) is 23.5 Å². The van der Waals surface area contributed by atoms with E-state index in [1.807, 2.05) is 42.5 Å². The van der Waals surface area contributed by atoms with E-state index in [1.54, 1.807) is 18.0 Å². The summed E-state index contributed by atoms with van der Waals surface area (Å²) in [6.07, 6.45) is 3.94. The number of carbonyl (C=O) groups is 1. The Morgan fingerprint density at radius 3 is 2.45 bits per heavy atom. The molecule has 0 aromatic heterocycles. The summed E-state index contributed by atoms with van der Waals surface area (Å²) in [5, 5.41) is 6.77. The second kappa shape index (κ2) is 8.78. The zero-order valence-corrected chi connectivity index (χ0v) is 17.9. The summed E-state index contributed by atoms with van der Waals surface area (Å²) in [7, 11) is 0. The van der Waals surface area contributed by atoms with Crippen LogP contribution in [0.4, 0.5) is 0 Å². The minimum atomic E-state index is -0.204. The van der Waals surface area contributed by atoms with Crippen molar-refractivity contribution in [1.29, 1.82) is 0 Å². The van der Waals surface area contributed by atoms with E-state index in [9.17, 15) is 4.79 Å². The zero-order valence-electron chi connectivity index (χ0n) is 17.0. The van der Waals surface area contributed by atoms with Crippen LogP contribution in [0.5, 0.6) is 0 Å². The lowest BCUT2D eigenvalue weighted by Crippen LogP contribution is -2.17. The molecule has 1 aliphatic carbocycles. The van der Waals surface area contributed by atoms with Gasteiger partial charge in [-0.1, -0.05) is 60.7 Å². The molecule has 0 saturated carbocycles. The third kappa shape index (κ3) is 4.25. The molecule has 4 aromatic carbocycles. The fourth-order valence-electron chi connectivity index (χ4n) is 4.04. The van der Waals surface area contributed by atoms with E-state index in [2.05, 4.69) is 53.0 Å². The van der Waals surface area contributed by atoms with Gasteiger partial charge in [-0.2, -0.15) is 5.10 Å². The maximum absolute atomic E-state index is 12.5. The van der Waals surface area contributed by atoms with Gasteiger partial charge in [0.2, 0.25) is 0 Å². The Morgan fingerprint density at radius 2 is 1.65 bits per heavy atom. The van der Waals surface area contributed by atoms with Gasteiger partial charge < -0.3 is 0 Å².